The molecular weight excluding hydrogens is 478 g/mol. The van der Waals surface area contributed by atoms with E-state index in [1.807, 2.05) is 12.2 Å². The Morgan fingerprint density at radius 3 is 1.20 bits per heavy atom. The number of hydrogen-bond donors (Lipinski definition) is 0. The Labute approximate surface area is 245 Å². The van der Waals surface area contributed by atoms with Gasteiger partial charge in [0.15, 0.2) is 13.4 Å². The Bertz CT molecular complexity index is 1160. The average molecular weight is 524 g/mol. The minimum absolute atomic E-state index is 0.609. The number of rotatable bonds is 14. The van der Waals surface area contributed by atoms with Crippen molar-refractivity contribution in [2.24, 2.45) is 0 Å². The lowest BCUT2D eigenvalue weighted by molar-refractivity contribution is 0.873. The zero-order valence-electron chi connectivity index (χ0n) is 24.8. The topological polar surface area (TPSA) is 0 Å². The monoisotopic (exact) mass is 524 g/mol. The highest BCUT2D eigenvalue weighted by Gasteiger charge is 2.18. The van der Waals surface area contributed by atoms with Gasteiger partial charge in [0.25, 0.3) is 0 Å². The molecule has 4 rings (SSSR count). The maximum atomic E-state index is 3.93. The Kier molecular flexibility index (Phi) is 13.9. The first-order valence-electron chi connectivity index (χ1n) is 15.2. The quantitative estimate of drug-likeness (QED) is 0.144. The van der Waals surface area contributed by atoms with Crippen molar-refractivity contribution in [3.63, 3.8) is 0 Å². The molecule has 0 radical (unpaired) electrons. The fourth-order valence-electron chi connectivity index (χ4n) is 5.49. The van der Waals surface area contributed by atoms with Crippen molar-refractivity contribution < 1.29 is 0 Å². The van der Waals surface area contributed by atoms with Crippen molar-refractivity contribution >= 4 is 36.5 Å². The van der Waals surface area contributed by atoms with E-state index < -0.39 is 0 Å². The summed E-state index contributed by atoms with van der Waals surface area (Å²) >= 11 is 0. The number of hydrogen-bond acceptors (Lipinski definition) is 0. The molecule has 40 heavy (non-hydrogen) atoms. The molecule has 0 aliphatic rings. The fourth-order valence-corrected chi connectivity index (χ4v) is 5.49. The van der Waals surface area contributed by atoms with Crippen molar-refractivity contribution in [3.05, 3.63) is 145 Å². The van der Waals surface area contributed by atoms with Crippen LogP contribution >= 0.6 is 0 Å². The van der Waals surface area contributed by atoms with Crippen LogP contribution in [0.3, 0.4) is 0 Å². The molecule has 0 spiro atoms. The first kappa shape index (κ1) is 31.0. The molecule has 0 saturated heterocycles. The minimum Gasteiger partial charge on any atom is -0.0985 e. The van der Waals surface area contributed by atoms with Gasteiger partial charge in [-0.1, -0.05) is 198 Å². The number of unbranched alkanes of at least 4 members (excludes halogenated alkanes) is 2. The first-order chi connectivity index (χ1) is 19.7. The van der Waals surface area contributed by atoms with E-state index in [0.717, 1.165) is 12.6 Å². The molecule has 0 nitrogen and oxygen atoms in total. The van der Waals surface area contributed by atoms with Gasteiger partial charge in [-0.2, -0.15) is 0 Å². The smallest absolute Gasteiger partial charge is 0.0985 e. The van der Waals surface area contributed by atoms with E-state index in [2.05, 4.69) is 136 Å². The Hall–Kier alpha value is -3.51. The van der Waals surface area contributed by atoms with Gasteiger partial charge in [0.05, 0.1) is 0 Å². The van der Waals surface area contributed by atoms with Gasteiger partial charge >= 0.3 is 0 Å². The summed E-state index contributed by atoms with van der Waals surface area (Å²) in [6, 6.07) is 39.0. The van der Waals surface area contributed by atoms with Gasteiger partial charge in [-0.15, -0.1) is 0 Å². The average Bonchev–Trinajstić information content (AvgIpc) is 3.02. The van der Waals surface area contributed by atoms with Gasteiger partial charge in [0.1, 0.15) is 0 Å². The molecule has 0 bridgehead atoms. The fraction of sp³-hybridized carbons (Fsp3) is 0.263. The van der Waals surface area contributed by atoms with Crippen molar-refractivity contribution in [2.75, 3.05) is 0 Å². The molecule has 2 heteroatoms. The van der Waals surface area contributed by atoms with Crippen molar-refractivity contribution in [1.82, 2.24) is 0 Å². The van der Waals surface area contributed by atoms with E-state index in [9.17, 15) is 0 Å². The van der Waals surface area contributed by atoms with Crippen LogP contribution in [0, 0.1) is 0 Å². The molecular formula is C38H46B2. The van der Waals surface area contributed by atoms with E-state index >= 15 is 0 Å². The molecule has 0 atom stereocenters. The maximum Gasteiger partial charge on any atom is 0.180 e. The lowest BCUT2D eigenvalue weighted by atomic mass is 9.39. The predicted molar refractivity (Wildman–Crippen MR) is 184 cm³/mol. The highest BCUT2D eigenvalue weighted by molar-refractivity contribution is 6.73. The molecule has 0 heterocycles. The summed E-state index contributed by atoms with van der Waals surface area (Å²) in [6.07, 6.45) is 13.7. The third kappa shape index (κ3) is 9.91. The molecule has 204 valence electrons. The summed E-state index contributed by atoms with van der Waals surface area (Å²) in [7, 11) is 0. The molecule has 0 aliphatic carbocycles. The van der Waals surface area contributed by atoms with Gasteiger partial charge in [-0.3, -0.25) is 0 Å². The summed E-state index contributed by atoms with van der Waals surface area (Å²) in [5.74, 6) is 0. The summed E-state index contributed by atoms with van der Waals surface area (Å²) in [6.45, 7) is 13.6. The van der Waals surface area contributed by atoms with Gasteiger partial charge in [-0.25, -0.2) is 0 Å². The molecule has 0 unspecified atom stereocenters. The second kappa shape index (κ2) is 18.0. The molecule has 0 saturated carbocycles. The van der Waals surface area contributed by atoms with E-state index in [0.29, 0.717) is 13.4 Å². The largest absolute Gasteiger partial charge is 0.180 e. The van der Waals surface area contributed by atoms with Crippen LogP contribution in [0.4, 0.5) is 0 Å². The third-order valence-corrected chi connectivity index (χ3v) is 7.84. The zero-order valence-corrected chi connectivity index (χ0v) is 24.8. The van der Waals surface area contributed by atoms with E-state index in [1.165, 1.54) is 71.5 Å². The zero-order chi connectivity index (χ0) is 28.4. The summed E-state index contributed by atoms with van der Waals surface area (Å²) in [4.78, 5) is 0. The second-order valence-corrected chi connectivity index (χ2v) is 10.7. The molecule has 0 aromatic heterocycles. The highest BCUT2D eigenvalue weighted by Crippen LogP contribution is 2.16. The lowest BCUT2D eigenvalue weighted by Crippen LogP contribution is -2.32. The highest BCUT2D eigenvalue weighted by atomic mass is 14.0. The maximum absolute atomic E-state index is 3.93. The summed E-state index contributed by atoms with van der Waals surface area (Å²) < 4.78 is 0. The van der Waals surface area contributed by atoms with Crippen LogP contribution in [-0.2, 0) is 12.6 Å². The van der Waals surface area contributed by atoms with Crippen LogP contribution < -0.4 is 10.9 Å². The molecule has 0 fully saturated rings. The van der Waals surface area contributed by atoms with Crippen LogP contribution in [0.1, 0.15) is 61.8 Å². The van der Waals surface area contributed by atoms with E-state index in [4.69, 9.17) is 0 Å². The standard InChI is InChI=1S/2C19H23B/c2*1-3-5-15-20(19-13-7-6-8-14-19)16-18-12-10-9-11-17(18)4-2/h2*4,6-14H,2-3,5,15-16H2,1H3. The first-order valence-corrected chi connectivity index (χ1v) is 15.2. The summed E-state index contributed by atoms with van der Waals surface area (Å²) in [5, 5.41) is 0. The van der Waals surface area contributed by atoms with Gasteiger partial charge in [-0.05, 0) is 34.9 Å². The molecule has 0 N–H and O–H groups in total. The van der Waals surface area contributed by atoms with Crippen LogP contribution in [0.15, 0.2) is 122 Å². The Balaban J connectivity index is 0.000000220. The second-order valence-electron chi connectivity index (χ2n) is 10.7. The van der Waals surface area contributed by atoms with Crippen molar-refractivity contribution in [1.29, 1.82) is 0 Å². The number of benzene rings is 4. The Morgan fingerprint density at radius 2 is 0.850 bits per heavy atom. The predicted octanol–water partition coefficient (Wildman–Crippen LogP) is 9.23. The van der Waals surface area contributed by atoms with Crippen LogP contribution in [0.2, 0.25) is 12.6 Å². The van der Waals surface area contributed by atoms with E-state index in [1.54, 1.807) is 0 Å². The van der Waals surface area contributed by atoms with Crippen molar-refractivity contribution in [3.8, 4) is 0 Å². The van der Waals surface area contributed by atoms with Crippen LogP contribution in [-0.4, -0.2) is 13.4 Å². The van der Waals surface area contributed by atoms with E-state index in [-0.39, 0.29) is 0 Å². The summed E-state index contributed by atoms with van der Waals surface area (Å²) in [5.41, 5.74) is 8.27. The van der Waals surface area contributed by atoms with Crippen LogP contribution in [0.25, 0.3) is 12.2 Å². The van der Waals surface area contributed by atoms with Crippen LogP contribution in [0.5, 0.6) is 0 Å². The Morgan fingerprint density at radius 1 is 0.500 bits per heavy atom. The normalized spacial score (nSPS) is 10.2. The molecule has 4 aromatic rings. The van der Waals surface area contributed by atoms with Gasteiger partial charge in [0.2, 0.25) is 0 Å². The molecule has 0 aliphatic heterocycles. The van der Waals surface area contributed by atoms with Gasteiger partial charge < -0.3 is 0 Å². The minimum atomic E-state index is 0.609. The molecule has 0 amide bonds. The lowest BCUT2D eigenvalue weighted by Gasteiger charge is -2.15. The van der Waals surface area contributed by atoms with Crippen molar-refractivity contribution in [2.45, 2.75) is 64.8 Å². The third-order valence-electron chi connectivity index (χ3n) is 7.84. The molecule has 4 aromatic carbocycles. The van der Waals surface area contributed by atoms with Gasteiger partial charge in [0, 0.05) is 0 Å². The SMILES string of the molecule is C=Cc1ccccc1CB(CCCC)c1ccccc1.C=Cc1ccccc1CB(CCCC)c1ccccc1.